The number of aromatic nitrogens is 2. The van der Waals surface area contributed by atoms with Crippen molar-refractivity contribution in [1.29, 1.82) is 0 Å². The number of anilines is 1. The van der Waals surface area contributed by atoms with Crippen molar-refractivity contribution in [3.05, 3.63) is 40.5 Å². The summed E-state index contributed by atoms with van der Waals surface area (Å²) in [5, 5.41) is 5.35. The first-order chi connectivity index (χ1) is 9.33. The molecule has 0 aliphatic carbocycles. The van der Waals surface area contributed by atoms with E-state index in [1.165, 1.54) is 4.88 Å². The van der Waals surface area contributed by atoms with Gasteiger partial charge in [0.15, 0.2) is 0 Å². The summed E-state index contributed by atoms with van der Waals surface area (Å²) >= 11 is 1.78. The minimum absolute atomic E-state index is 0.779. The lowest BCUT2D eigenvalue weighted by Gasteiger charge is -2.20. The number of nitrogens with one attached hydrogen (secondary N) is 1. The van der Waals surface area contributed by atoms with E-state index in [0.29, 0.717) is 0 Å². The zero-order chi connectivity index (χ0) is 13.5. The fourth-order valence-electron chi connectivity index (χ4n) is 1.80. The Labute approximate surface area is 118 Å². The molecule has 19 heavy (non-hydrogen) atoms. The minimum Gasteiger partial charge on any atom is -0.350 e. The van der Waals surface area contributed by atoms with Crippen molar-refractivity contribution in [3.63, 3.8) is 0 Å². The molecule has 2 heterocycles. The fourth-order valence-corrected chi connectivity index (χ4v) is 2.52. The molecule has 4 nitrogen and oxygen atoms in total. The molecule has 0 fully saturated rings. The summed E-state index contributed by atoms with van der Waals surface area (Å²) in [5.74, 6) is 0.941. The largest absolute Gasteiger partial charge is 0.350 e. The summed E-state index contributed by atoms with van der Waals surface area (Å²) in [7, 11) is 0. The van der Waals surface area contributed by atoms with E-state index in [1.807, 2.05) is 12.4 Å². The molecule has 2 rings (SSSR count). The maximum atomic E-state index is 4.51. The van der Waals surface area contributed by atoms with Gasteiger partial charge >= 0.3 is 0 Å². The van der Waals surface area contributed by atoms with Crippen LogP contribution in [0.15, 0.2) is 29.9 Å². The van der Waals surface area contributed by atoms with Crippen molar-refractivity contribution in [2.75, 3.05) is 18.0 Å². The molecule has 5 heteroatoms. The number of nitrogens with zero attached hydrogens (tertiary/aromatic N) is 3. The molecule has 2 aromatic heterocycles. The van der Waals surface area contributed by atoms with Crippen molar-refractivity contribution >= 4 is 17.2 Å². The van der Waals surface area contributed by atoms with Crippen LogP contribution in [-0.2, 0) is 13.1 Å². The lowest BCUT2D eigenvalue weighted by Crippen LogP contribution is -2.23. The topological polar surface area (TPSA) is 41.1 Å². The monoisotopic (exact) mass is 276 g/mol. The van der Waals surface area contributed by atoms with Crippen molar-refractivity contribution in [1.82, 2.24) is 15.3 Å². The van der Waals surface area contributed by atoms with Crippen LogP contribution < -0.4 is 10.2 Å². The molecule has 102 valence electrons. The van der Waals surface area contributed by atoms with E-state index >= 15 is 0 Å². The van der Waals surface area contributed by atoms with Crippen LogP contribution in [-0.4, -0.2) is 23.1 Å². The molecule has 0 amide bonds. The average Bonchev–Trinajstić information content (AvgIpc) is 2.96. The van der Waals surface area contributed by atoms with Crippen LogP contribution in [0.2, 0.25) is 0 Å². The Bertz CT molecular complexity index is 467. The molecule has 0 aliphatic heterocycles. The standard InChI is InChI=1S/C14H20N4S/c1-3-15-8-12-9-17-14(10-16-12)18(4-2)11-13-6-5-7-19-13/h5-7,9-10,15H,3-4,8,11H2,1-2H3. The van der Waals surface area contributed by atoms with Crippen LogP contribution in [0.25, 0.3) is 0 Å². The summed E-state index contributed by atoms with van der Waals surface area (Å²) in [4.78, 5) is 12.5. The van der Waals surface area contributed by atoms with Gasteiger partial charge in [-0.25, -0.2) is 4.98 Å². The van der Waals surface area contributed by atoms with E-state index in [1.54, 1.807) is 11.3 Å². The van der Waals surface area contributed by atoms with Gasteiger partial charge < -0.3 is 10.2 Å². The van der Waals surface area contributed by atoms with Crippen molar-refractivity contribution in [2.24, 2.45) is 0 Å². The third kappa shape index (κ3) is 4.01. The van der Waals surface area contributed by atoms with Crippen LogP contribution in [0.5, 0.6) is 0 Å². The maximum absolute atomic E-state index is 4.51. The van der Waals surface area contributed by atoms with Gasteiger partial charge in [0.1, 0.15) is 5.82 Å². The quantitative estimate of drug-likeness (QED) is 0.844. The summed E-state index contributed by atoms with van der Waals surface area (Å²) in [6, 6.07) is 4.24. The SMILES string of the molecule is CCNCc1cnc(N(CC)Cc2cccs2)cn1. The number of thiophene rings is 1. The molecule has 1 N–H and O–H groups in total. The first-order valence-electron chi connectivity index (χ1n) is 6.62. The number of hydrogen-bond donors (Lipinski definition) is 1. The highest BCUT2D eigenvalue weighted by molar-refractivity contribution is 7.09. The second-order valence-electron chi connectivity index (χ2n) is 4.24. The molecule has 0 spiro atoms. The Morgan fingerprint density at radius 2 is 2.16 bits per heavy atom. The van der Waals surface area contributed by atoms with Gasteiger partial charge in [0.2, 0.25) is 0 Å². The van der Waals surface area contributed by atoms with Gasteiger partial charge in [-0.1, -0.05) is 13.0 Å². The van der Waals surface area contributed by atoms with Crippen molar-refractivity contribution in [3.8, 4) is 0 Å². The van der Waals surface area contributed by atoms with E-state index in [9.17, 15) is 0 Å². The fraction of sp³-hybridized carbons (Fsp3) is 0.429. The lowest BCUT2D eigenvalue weighted by atomic mass is 10.4. The van der Waals surface area contributed by atoms with Crippen LogP contribution >= 0.6 is 11.3 Å². The van der Waals surface area contributed by atoms with E-state index in [4.69, 9.17) is 0 Å². The molecule has 0 bridgehead atoms. The molecule has 0 aromatic carbocycles. The van der Waals surface area contributed by atoms with Crippen LogP contribution in [0.3, 0.4) is 0 Å². The van der Waals surface area contributed by atoms with Gasteiger partial charge in [-0.15, -0.1) is 11.3 Å². The normalized spacial score (nSPS) is 10.6. The van der Waals surface area contributed by atoms with Gasteiger partial charge in [0, 0.05) is 18.0 Å². The van der Waals surface area contributed by atoms with Gasteiger partial charge in [-0.3, -0.25) is 4.98 Å². The first-order valence-corrected chi connectivity index (χ1v) is 7.50. The molecule has 0 unspecified atom stereocenters. The molecule has 0 radical (unpaired) electrons. The Kier molecular flexibility index (Phi) is 5.30. The van der Waals surface area contributed by atoms with Gasteiger partial charge in [0.05, 0.1) is 24.6 Å². The van der Waals surface area contributed by atoms with Gasteiger partial charge in [-0.05, 0) is 24.9 Å². The van der Waals surface area contributed by atoms with Gasteiger partial charge in [0.25, 0.3) is 0 Å². The number of hydrogen-bond acceptors (Lipinski definition) is 5. The minimum atomic E-state index is 0.779. The predicted molar refractivity (Wildman–Crippen MR) is 80.5 cm³/mol. The Balaban J connectivity index is 2.02. The Morgan fingerprint density at radius 3 is 2.74 bits per heavy atom. The molecular formula is C14H20N4S. The summed E-state index contributed by atoms with van der Waals surface area (Å²) < 4.78 is 0. The summed E-state index contributed by atoms with van der Waals surface area (Å²) in [6.45, 7) is 7.78. The van der Waals surface area contributed by atoms with E-state index < -0.39 is 0 Å². The second-order valence-corrected chi connectivity index (χ2v) is 5.27. The predicted octanol–water partition coefficient (Wildman–Crippen LogP) is 2.67. The molecule has 0 aliphatic rings. The zero-order valence-electron chi connectivity index (χ0n) is 11.5. The zero-order valence-corrected chi connectivity index (χ0v) is 12.3. The molecule has 0 atom stereocenters. The van der Waals surface area contributed by atoms with Crippen molar-refractivity contribution in [2.45, 2.75) is 26.9 Å². The highest BCUT2D eigenvalue weighted by atomic mass is 32.1. The highest BCUT2D eigenvalue weighted by Crippen LogP contribution is 2.16. The summed E-state index contributed by atoms with van der Waals surface area (Å²) in [5.41, 5.74) is 0.984. The molecule has 2 aromatic rings. The Morgan fingerprint density at radius 1 is 1.26 bits per heavy atom. The van der Waals surface area contributed by atoms with Crippen LogP contribution in [0, 0.1) is 0 Å². The van der Waals surface area contributed by atoms with Gasteiger partial charge in [-0.2, -0.15) is 0 Å². The van der Waals surface area contributed by atoms with Crippen LogP contribution in [0.1, 0.15) is 24.4 Å². The third-order valence-electron chi connectivity index (χ3n) is 2.88. The molecule has 0 saturated heterocycles. The summed E-state index contributed by atoms with van der Waals surface area (Å²) in [6.07, 6.45) is 3.72. The number of rotatable bonds is 7. The smallest absolute Gasteiger partial charge is 0.147 e. The average molecular weight is 276 g/mol. The van der Waals surface area contributed by atoms with E-state index in [-0.39, 0.29) is 0 Å². The van der Waals surface area contributed by atoms with Crippen LogP contribution in [0.4, 0.5) is 5.82 Å². The molecular weight excluding hydrogens is 256 g/mol. The first kappa shape index (κ1) is 14.0. The Hall–Kier alpha value is -1.46. The molecule has 0 saturated carbocycles. The lowest BCUT2D eigenvalue weighted by molar-refractivity contribution is 0.704. The van der Waals surface area contributed by atoms with Crippen molar-refractivity contribution < 1.29 is 0 Å². The second kappa shape index (κ2) is 7.21. The maximum Gasteiger partial charge on any atom is 0.147 e. The van der Waals surface area contributed by atoms with E-state index in [0.717, 1.165) is 37.7 Å². The third-order valence-corrected chi connectivity index (χ3v) is 3.74. The van der Waals surface area contributed by atoms with E-state index in [2.05, 4.69) is 51.5 Å². The highest BCUT2D eigenvalue weighted by Gasteiger charge is 2.08.